The van der Waals surface area contributed by atoms with Gasteiger partial charge >= 0.3 is 6.18 Å². The first-order valence-electron chi connectivity index (χ1n) is 9.58. The van der Waals surface area contributed by atoms with Crippen molar-refractivity contribution in [1.29, 1.82) is 0 Å². The van der Waals surface area contributed by atoms with E-state index in [0.717, 1.165) is 12.1 Å². The number of nitrogens with one attached hydrogen (secondary N) is 2. The van der Waals surface area contributed by atoms with Gasteiger partial charge in [0.15, 0.2) is 0 Å². The minimum atomic E-state index is -4.42. The monoisotopic (exact) mass is 444 g/mol. The Labute approximate surface area is 181 Å². The molecule has 0 radical (unpaired) electrons. The highest BCUT2D eigenvalue weighted by atomic mass is 19.4. The SMILES string of the molecule is CCC(=O)Nc1cc(Oc2ccc(NC(=O)Cc3ccc(C(F)(F)F)cc3)cc2)ncn1. The van der Waals surface area contributed by atoms with Gasteiger partial charge in [-0.1, -0.05) is 19.1 Å². The van der Waals surface area contributed by atoms with Crippen molar-refractivity contribution < 1.29 is 27.5 Å². The number of aromatic nitrogens is 2. The number of hydrogen-bond donors (Lipinski definition) is 2. The summed E-state index contributed by atoms with van der Waals surface area (Å²) in [7, 11) is 0. The molecule has 166 valence electrons. The third-order valence-electron chi connectivity index (χ3n) is 4.24. The van der Waals surface area contributed by atoms with E-state index in [4.69, 9.17) is 4.74 Å². The van der Waals surface area contributed by atoms with Gasteiger partial charge < -0.3 is 15.4 Å². The summed E-state index contributed by atoms with van der Waals surface area (Å²) in [5, 5.41) is 5.28. The van der Waals surface area contributed by atoms with E-state index in [0.29, 0.717) is 29.2 Å². The zero-order valence-electron chi connectivity index (χ0n) is 16.9. The minimum absolute atomic E-state index is 0.0659. The quantitative estimate of drug-likeness (QED) is 0.545. The third-order valence-corrected chi connectivity index (χ3v) is 4.24. The Kier molecular flexibility index (Phi) is 7.04. The van der Waals surface area contributed by atoms with Crippen LogP contribution in [0.15, 0.2) is 60.9 Å². The second-order valence-corrected chi connectivity index (χ2v) is 6.69. The summed E-state index contributed by atoms with van der Waals surface area (Å²) in [5.74, 6) is 0.424. The van der Waals surface area contributed by atoms with Crippen molar-refractivity contribution >= 4 is 23.3 Å². The maximum atomic E-state index is 12.6. The van der Waals surface area contributed by atoms with Gasteiger partial charge in [-0.25, -0.2) is 9.97 Å². The van der Waals surface area contributed by atoms with Crippen molar-refractivity contribution in [2.24, 2.45) is 0 Å². The summed E-state index contributed by atoms with van der Waals surface area (Å²) < 4.78 is 43.5. The topological polar surface area (TPSA) is 93.2 Å². The van der Waals surface area contributed by atoms with Gasteiger partial charge in [0.2, 0.25) is 17.7 Å². The molecule has 0 aliphatic carbocycles. The molecule has 0 aliphatic rings. The van der Waals surface area contributed by atoms with Crippen LogP contribution >= 0.6 is 0 Å². The lowest BCUT2D eigenvalue weighted by Crippen LogP contribution is -2.14. The fraction of sp³-hybridized carbons (Fsp3) is 0.182. The van der Waals surface area contributed by atoms with Gasteiger partial charge in [0.05, 0.1) is 12.0 Å². The second-order valence-electron chi connectivity index (χ2n) is 6.69. The molecule has 0 unspecified atom stereocenters. The normalized spacial score (nSPS) is 11.0. The van der Waals surface area contributed by atoms with Crippen LogP contribution in [0, 0.1) is 0 Å². The van der Waals surface area contributed by atoms with Gasteiger partial charge in [0.1, 0.15) is 17.9 Å². The Balaban J connectivity index is 1.56. The number of carbonyl (C=O) groups excluding carboxylic acids is 2. The van der Waals surface area contributed by atoms with Gasteiger partial charge in [-0.15, -0.1) is 0 Å². The zero-order valence-corrected chi connectivity index (χ0v) is 16.9. The van der Waals surface area contributed by atoms with Crippen molar-refractivity contribution in [3.05, 3.63) is 72.1 Å². The molecule has 32 heavy (non-hydrogen) atoms. The molecule has 2 N–H and O–H groups in total. The summed E-state index contributed by atoms with van der Waals surface area (Å²) in [4.78, 5) is 31.6. The highest BCUT2D eigenvalue weighted by Crippen LogP contribution is 2.29. The van der Waals surface area contributed by atoms with Gasteiger partial charge in [-0.05, 0) is 42.0 Å². The van der Waals surface area contributed by atoms with E-state index in [9.17, 15) is 22.8 Å². The molecular weight excluding hydrogens is 425 g/mol. The molecule has 0 atom stereocenters. The van der Waals surface area contributed by atoms with E-state index in [1.165, 1.54) is 24.5 Å². The molecule has 0 saturated heterocycles. The first kappa shape index (κ1) is 22.7. The lowest BCUT2D eigenvalue weighted by atomic mass is 10.1. The summed E-state index contributed by atoms with van der Waals surface area (Å²) in [6.07, 6.45) is -2.91. The number of benzene rings is 2. The molecule has 1 heterocycles. The smallest absolute Gasteiger partial charge is 0.416 e. The van der Waals surface area contributed by atoms with Crippen LogP contribution in [0.25, 0.3) is 0 Å². The number of alkyl halides is 3. The minimum Gasteiger partial charge on any atom is -0.439 e. The highest BCUT2D eigenvalue weighted by Gasteiger charge is 2.29. The Bertz CT molecular complexity index is 1080. The molecule has 3 aromatic rings. The molecule has 0 bridgehead atoms. The van der Waals surface area contributed by atoms with E-state index in [-0.39, 0.29) is 24.1 Å². The second kappa shape index (κ2) is 9.90. The molecule has 7 nitrogen and oxygen atoms in total. The maximum Gasteiger partial charge on any atom is 0.416 e. The molecule has 0 spiro atoms. The van der Waals surface area contributed by atoms with E-state index < -0.39 is 11.7 Å². The molecule has 2 aromatic carbocycles. The molecule has 0 fully saturated rings. The van der Waals surface area contributed by atoms with E-state index in [2.05, 4.69) is 20.6 Å². The average molecular weight is 444 g/mol. The first-order chi connectivity index (χ1) is 15.2. The maximum absolute atomic E-state index is 12.6. The van der Waals surface area contributed by atoms with Crippen LogP contribution in [-0.2, 0) is 22.2 Å². The van der Waals surface area contributed by atoms with Crippen LogP contribution < -0.4 is 15.4 Å². The number of carbonyl (C=O) groups is 2. The Morgan fingerprint density at radius 2 is 1.62 bits per heavy atom. The first-order valence-corrected chi connectivity index (χ1v) is 9.58. The molecule has 3 rings (SSSR count). The molecule has 0 aliphatic heterocycles. The number of rotatable bonds is 7. The van der Waals surface area contributed by atoms with Crippen LogP contribution in [0.4, 0.5) is 24.7 Å². The number of hydrogen-bond acceptors (Lipinski definition) is 5. The lowest BCUT2D eigenvalue weighted by Gasteiger charge is -2.09. The Morgan fingerprint density at radius 3 is 2.25 bits per heavy atom. The number of halogens is 3. The number of nitrogens with zero attached hydrogens (tertiary/aromatic N) is 2. The molecule has 10 heteroatoms. The predicted molar refractivity (Wildman–Crippen MR) is 111 cm³/mol. The van der Waals surface area contributed by atoms with Crippen LogP contribution in [0.2, 0.25) is 0 Å². The molecule has 2 amide bonds. The van der Waals surface area contributed by atoms with E-state index >= 15 is 0 Å². The average Bonchev–Trinajstić information content (AvgIpc) is 2.75. The van der Waals surface area contributed by atoms with Crippen LogP contribution in [-0.4, -0.2) is 21.8 Å². The predicted octanol–water partition coefficient (Wildman–Crippen LogP) is 4.82. The van der Waals surface area contributed by atoms with E-state index in [1.807, 2.05) is 0 Å². The van der Waals surface area contributed by atoms with Crippen molar-refractivity contribution in [2.75, 3.05) is 10.6 Å². The highest BCUT2D eigenvalue weighted by molar-refractivity contribution is 5.92. The number of amides is 2. The van der Waals surface area contributed by atoms with Crippen LogP contribution in [0.3, 0.4) is 0 Å². The van der Waals surface area contributed by atoms with Crippen molar-refractivity contribution in [3.8, 4) is 11.6 Å². The largest absolute Gasteiger partial charge is 0.439 e. The van der Waals surface area contributed by atoms with Crippen molar-refractivity contribution in [3.63, 3.8) is 0 Å². The summed E-state index contributed by atoms with van der Waals surface area (Å²) >= 11 is 0. The summed E-state index contributed by atoms with van der Waals surface area (Å²) in [6, 6.07) is 12.4. The van der Waals surface area contributed by atoms with E-state index in [1.54, 1.807) is 31.2 Å². The fourth-order valence-electron chi connectivity index (χ4n) is 2.62. The number of anilines is 2. The zero-order chi connectivity index (χ0) is 23.1. The van der Waals surface area contributed by atoms with Crippen molar-refractivity contribution in [2.45, 2.75) is 25.9 Å². The fourth-order valence-corrected chi connectivity index (χ4v) is 2.62. The number of ether oxygens (including phenoxy) is 1. The van der Waals surface area contributed by atoms with Crippen LogP contribution in [0.1, 0.15) is 24.5 Å². The lowest BCUT2D eigenvalue weighted by molar-refractivity contribution is -0.137. The van der Waals surface area contributed by atoms with Gasteiger partial charge in [-0.3, -0.25) is 9.59 Å². The van der Waals surface area contributed by atoms with Crippen molar-refractivity contribution in [1.82, 2.24) is 9.97 Å². The van der Waals surface area contributed by atoms with Gasteiger partial charge in [0, 0.05) is 18.2 Å². The summed E-state index contributed by atoms with van der Waals surface area (Å²) in [5.41, 5.74) is 0.193. The molecular formula is C22H19F3N4O3. The molecule has 1 aromatic heterocycles. The standard InChI is InChI=1S/C22H19F3N4O3/c1-2-19(30)29-18-12-21(27-13-26-18)32-17-9-7-16(8-10-17)28-20(31)11-14-3-5-15(6-4-14)22(23,24)25/h3-10,12-13H,2,11H2,1H3,(H,28,31)(H,26,27,29,30). The Hall–Kier alpha value is -3.95. The van der Waals surface area contributed by atoms with Gasteiger partial charge in [0.25, 0.3) is 0 Å². The molecule has 0 saturated carbocycles. The Morgan fingerprint density at radius 1 is 0.938 bits per heavy atom. The third kappa shape index (κ3) is 6.53. The van der Waals surface area contributed by atoms with Crippen LogP contribution in [0.5, 0.6) is 11.6 Å². The van der Waals surface area contributed by atoms with Gasteiger partial charge in [-0.2, -0.15) is 13.2 Å². The summed E-state index contributed by atoms with van der Waals surface area (Å²) in [6.45, 7) is 1.72.